The zero-order valence-corrected chi connectivity index (χ0v) is 28.6. The second kappa shape index (κ2) is 22.9. The topological polar surface area (TPSA) is 94.8 Å². The molecule has 0 saturated carbocycles. The van der Waals surface area contributed by atoms with Crippen LogP contribution in [0.3, 0.4) is 0 Å². The summed E-state index contributed by atoms with van der Waals surface area (Å²) < 4.78 is 23.1. The summed E-state index contributed by atoms with van der Waals surface area (Å²) >= 11 is 0. The van der Waals surface area contributed by atoms with Gasteiger partial charge in [0.2, 0.25) is 0 Å². The van der Waals surface area contributed by atoms with E-state index in [9.17, 15) is 9.59 Å². The summed E-state index contributed by atoms with van der Waals surface area (Å²) in [5.74, 6) is 0.136. The van der Waals surface area contributed by atoms with E-state index in [0.717, 1.165) is 44.1 Å². The van der Waals surface area contributed by atoms with Gasteiger partial charge in [-0.1, -0.05) is 89.3 Å². The minimum Gasteiger partial charge on any atom is -0.494 e. The van der Waals surface area contributed by atoms with Crippen molar-refractivity contribution in [2.24, 2.45) is 0 Å². The van der Waals surface area contributed by atoms with Gasteiger partial charge in [0.15, 0.2) is 0 Å². The Hall–Kier alpha value is -4.57. The Morgan fingerprint density at radius 1 is 0.708 bits per heavy atom. The van der Waals surface area contributed by atoms with Crippen LogP contribution >= 0.6 is 0 Å². The third-order valence-electron chi connectivity index (χ3n) is 8.00. The van der Waals surface area contributed by atoms with Gasteiger partial charge >= 0.3 is 11.9 Å². The first-order valence-corrected chi connectivity index (χ1v) is 17.5. The molecule has 0 saturated heterocycles. The molecule has 3 rings (SSSR count). The lowest BCUT2D eigenvalue weighted by molar-refractivity contribution is 0.0466. The van der Waals surface area contributed by atoms with Crippen molar-refractivity contribution in [2.45, 2.75) is 103 Å². The lowest BCUT2D eigenvalue weighted by Gasteiger charge is -2.13. The molecule has 0 aliphatic carbocycles. The number of esters is 2. The van der Waals surface area contributed by atoms with E-state index in [-0.39, 0.29) is 17.9 Å². The Labute approximate surface area is 286 Å². The van der Waals surface area contributed by atoms with Gasteiger partial charge in [-0.15, -0.1) is 6.58 Å². The van der Waals surface area contributed by atoms with Crippen LogP contribution in [-0.4, -0.2) is 25.2 Å². The van der Waals surface area contributed by atoms with E-state index >= 15 is 0 Å². The first-order valence-electron chi connectivity index (χ1n) is 17.5. The van der Waals surface area contributed by atoms with Gasteiger partial charge in [0.1, 0.15) is 29.4 Å². The summed E-state index contributed by atoms with van der Waals surface area (Å²) in [6, 6.07) is 20.5. The average molecular weight is 654 g/mol. The Balaban J connectivity index is 1.57. The molecule has 0 radical (unpaired) electrons. The molecule has 0 amide bonds. The summed E-state index contributed by atoms with van der Waals surface area (Å²) in [5, 5.41) is 9.04. The molecular formula is C41H51NO6. The van der Waals surface area contributed by atoms with Gasteiger partial charge in [-0.2, -0.15) is 5.26 Å². The third-order valence-corrected chi connectivity index (χ3v) is 8.00. The highest BCUT2D eigenvalue weighted by Crippen LogP contribution is 2.27. The van der Waals surface area contributed by atoms with Crippen LogP contribution in [0.4, 0.5) is 0 Å². The van der Waals surface area contributed by atoms with Crippen LogP contribution in [-0.2, 0) is 11.3 Å². The molecule has 0 aliphatic rings. The van der Waals surface area contributed by atoms with E-state index < -0.39 is 11.9 Å². The van der Waals surface area contributed by atoms with Crippen molar-refractivity contribution in [1.82, 2.24) is 0 Å². The summed E-state index contributed by atoms with van der Waals surface area (Å²) in [5.41, 5.74) is 1.82. The number of benzene rings is 3. The number of allylic oxidation sites excluding steroid dienone is 1. The minimum atomic E-state index is -0.598. The highest BCUT2D eigenvalue weighted by Gasteiger charge is 2.18. The normalized spacial score (nSPS) is 10.6. The lowest BCUT2D eigenvalue weighted by Crippen LogP contribution is -2.12. The van der Waals surface area contributed by atoms with Crippen molar-refractivity contribution < 1.29 is 28.5 Å². The monoisotopic (exact) mass is 653 g/mol. The number of unbranched alkanes of at least 4 members (excludes halogenated alkanes) is 12. The van der Waals surface area contributed by atoms with E-state index in [1.807, 2.05) is 6.08 Å². The van der Waals surface area contributed by atoms with E-state index in [4.69, 9.17) is 24.2 Å². The molecule has 7 nitrogen and oxygen atoms in total. The zero-order valence-electron chi connectivity index (χ0n) is 28.6. The zero-order chi connectivity index (χ0) is 34.2. The first kappa shape index (κ1) is 37.9. The average Bonchev–Trinajstić information content (AvgIpc) is 3.11. The molecule has 3 aromatic rings. The highest BCUT2D eigenvalue weighted by atomic mass is 16.5. The molecule has 0 spiro atoms. The minimum absolute atomic E-state index is 0.0219. The Morgan fingerprint density at radius 3 is 1.96 bits per heavy atom. The van der Waals surface area contributed by atoms with Gasteiger partial charge in [0.25, 0.3) is 0 Å². The van der Waals surface area contributed by atoms with Gasteiger partial charge < -0.3 is 18.9 Å². The van der Waals surface area contributed by atoms with Gasteiger partial charge in [0, 0.05) is 0 Å². The van der Waals surface area contributed by atoms with Gasteiger partial charge in [-0.25, -0.2) is 9.59 Å². The summed E-state index contributed by atoms with van der Waals surface area (Å²) in [6.45, 7) is 7.10. The second-order valence-corrected chi connectivity index (χ2v) is 12.0. The number of rotatable bonds is 24. The standard InChI is InChI=1S/C41H51NO6/c1-3-5-7-9-11-12-13-15-17-29-46-39-27-26-37(30-38(39)41(44)47-32-34-20-18-33(31-42)19-21-34)48-40(43)35-22-24-36(25-23-35)45-28-16-14-10-8-6-4-2/h3,18-27,30H,1,4-17,28-29,32H2,2H3. The summed E-state index contributed by atoms with van der Waals surface area (Å²) in [6.07, 6.45) is 18.1. The van der Waals surface area contributed by atoms with Crippen LogP contribution in [0.5, 0.6) is 17.2 Å². The van der Waals surface area contributed by atoms with Crippen molar-refractivity contribution >= 4 is 11.9 Å². The predicted octanol–water partition coefficient (Wildman–Crippen LogP) is 10.6. The van der Waals surface area contributed by atoms with Gasteiger partial charge in [-0.05, 0) is 85.8 Å². The van der Waals surface area contributed by atoms with Crippen molar-refractivity contribution in [2.75, 3.05) is 13.2 Å². The van der Waals surface area contributed by atoms with E-state index in [2.05, 4.69) is 19.6 Å². The third kappa shape index (κ3) is 14.5. The predicted molar refractivity (Wildman–Crippen MR) is 190 cm³/mol. The van der Waals surface area contributed by atoms with Crippen LogP contribution in [0.1, 0.15) is 129 Å². The van der Waals surface area contributed by atoms with Crippen LogP contribution in [0.2, 0.25) is 0 Å². The Kier molecular flexibility index (Phi) is 18.1. The van der Waals surface area contributed by atoms with Crippen LogP contribution < -0.4 is 14.2 Å². The van der Waals surface area contributed by atoms with E-state index in [1.165, 1.54) is 57.4 Å². The van der Waals surface area contributed by atoms with E-state index in [1.54, 1.807) is 60.7 Å². The SMILES string of the molecule is C=CCCCCCCCCCOc1ccc(OC(=O)c2ccc(OCCCCCCCC)cc2)cc1C(=O)OCc1ccc(C#N)cc1. The number of ether oxygens (including phenoxy) is 4. The fourth-order valence-corrected chi connectivity index (χ4v) is 5.14. The molecule has 0 fully saturated rings. The molecule has 256 valence electrons. The van der Waals surface area contributed by atoms with Gasteiger partial charge in [0.05, 0.1) is 30.4 Å². The second-order valence-electron chi connectivity index (χ2n) is 12.0. The number of carbonyl (C=O) groups is 2. The van der Waals surface area contributed by atoms with Crippen LogP contribution in [0.15, 0.2) is 79.4 Å². The largest absolute Gasteiger partial charge is 0.494 e. The van der Waals surface area contributed by atoms with Crippen molar-refractivity contribution in [3.63, 3.8) is 0 Å². The van der Waals surface area contributed by atoms with Crippen LogP contribution in [0.25, 0.3) is 0 Å². The van der Waals surface area contributed by atoms with Gasteiger partial charge in [-0.3, -0.25) is 0 Å². The fourth-order valence-electron chi connectivity index (χ4n) is 5.14. The number of hydrogen-bond donors (Lipinski definition) is 0. The van der Waals surface area contributed by atoms with Crippen LogP contribution in [0, 0.1) is 11.3 Å². The van der Waals surface area contributed by atoms with E-state index in [0.29, 0.717) is 35.8 Å². The van der Waals surface area contributed by atoms with Crippen molar-refractivity contribution in [3.8, 4) is 23.3 Å². The Morgan fingerprint density at radius 2 is 1.31 bits per heavy atom. The first-order chi connectivity index (χ1) is 23.5. The summed E-state index contributed by atoms with van der Waals surface area (Å²) in [7, 11) is 0. The smallest absolute Gasteiger partial charge is 0.343 e. The molecule has 0 heterocycles. The molecule has 0 aliphatic heterocycles. The molecule has 0 N–H and O–H groups in total. The maximum atomic E-state index is 13.2. The maximum Gasteiger partial charge on any atom is 0.343 e. The molecule has 48 heavy (non-hydrogen) atoms. The fraction of sp³-hybridized carbons (Fsp3) is 0.439. The molecule has 0 bridgehead atoms. The number of carbonyl (C=O) groups excluding carboxylic acids is 2. The highest BCUT2D eigenvalue weighted by molar-refractivity contribution is 5.94. The summed E-state index contributed by atoms with van der Waals surface area (Å²) in [4.78, 5) is 26.2. The number of nitrogens with zero attached hydrogens (tertiary/aromatic N) is 1. The molecule has 3 aromatic carbocycles. The molecular weight excluding hydrogens is 602 g/mol. The molecule has 0 unspecified atom stereocenters. The van der Waals surface area contributed by atoms with Crippen molar-refractivity contribution in [1.29, 1.82) is 5.26 Å². The van der Waals surface area contributed by atoms with Crippen molar-refractivity contribution in [3.05, 3.63) is 102 Å². The molecule has 7 heteroatoms. The Bertz CT molecular complexity index is 1420. The molecule has 0 atom stereocenters. The molecule has 0 aromatic heterocycles. The lowest BCUT2D eigenvalue weighted by atomic mass is 10.1. The quantitative estimate of drug-likeness (QED) is 0.0411. The number of hydrogen-bond acceptors (Lipinski definition) is 7. The maximum absolute atomic E-state index is 13.2. The number of nitriles is 1.